The molecule has 0 spiro atoms. The SMILES string of the molecule is CN(CCn1cc(Br)cn1)CC(O)COc1ccc(Cl)cc1Cl. The molecule has 2 rings (SSSR count). The lowest BCUT2D eigenvalue weighted by atomic mass is 10.3. The van der Waals surface area contributed by atoms with Crippen molar-refractivity contribution in [2.45, 2.75) is 12.6 Å². The predicted octanol–water partition coefficient (Wildman–Crippen LogP) is 3.32. The summed E-state index contributed by atoms with van der Waals surface area (Å²) in [4.78, 5) is 2.02. The fourth-order valence-corrected chi connectivity index (χ4v) is 2.81. The van der Waals surface area contributed by atoms with Crippen molar-refractivity contribution >= 4 is 39.1 Å². The lowest BCUT2D eigenvalue weighted by Gasteiger charge is -2.21. The molecular weight excluding hydrogens is 405 g/mol. The maximum Gasteiger partial charge on any atom is 0.138 e. The van der Waals surface area contributed by atoms with E-state index in [-0.39, 0.29) is 6.61 Å². The van der Waals surface area contributed by atoms with Crippen LogP contribution in [0.15, 0.2) is 35.1 Å². The van der Waals surface area contributed by atoms with E-state index in [4.69, 9.17) is 27.9 Å². The molecule has 0 saturated heterocycles. The van der Waals surface area contributed by atoms with Crippen LogP contribution in [0.5, 0.6) is 5.75 Å². The molecule has 5 nitrogen and oxygen atoms in total. The number of benzene rings is 1. The van der Waals surface area contributed by atoms with E-state index in [1.807, 2.05) is 22.8 Å². The van der Waals surface area contributed by atoms with Crippen LogP contribution in [0.3, 0.4) is 0 Å². The van der Waals surface area contributed by atoms with Crippen molar-refractivity contribution in [1.29, 1.82) is 0 Å². The maximum absolute atomic E-state index is 10.1. The Labute approximate surface area is 153 Å². The lowest BCUT2D eigenvalue weighted by Crippen LogP contribution is -2.35. The van der Waals surface area contributed by atoms with Gasteiger partial charge in [0.1, 0.15) is 18.5 Å². The van der Waals surface area contributed by atoms with Gasteiger partial charge in [0.25, 0.3) is 0 Å². The fourth-order valence-electron chi connectivity index (χ4n) is 2.02. The number of aliphatic hydroxyl groups excluding tert-OH is 1. The van der Waals surface area contributed by atoms with Crippen molar-refractivity contribution in [1.82, 2.24) is 14.7 Å². The summed E-state index contributed by atoms with van der Waals surface area (Å²) < 4.78 is 8.33. The van der Waals surface area contributed by atoms with Crippen LogP contribution in [-0.4, -0.2) is 52.6 Å². The van der Waals surface area contributed by atoms with Gasteiger partial charge in [0.2, 0.25) is 0 Å². The molecule has 1 unspecified atom stereocenters. The molecule has 0 aliphatic carbocycles. The highest BCUT2D eigenvalue weighted by molar-refractivity contribution is 9.10. The molecule has 0 radical (unpaired) electrons. The Morgan fingerprint density at radius 3 is 2.87 bits per heavy atom. The quantitative estimate of drug-likeness (QED) is 0.708. The maximum atomic E-state index is 10.1. The van der Waals surface area contributed by atoms with Crippen molar-refractivity contribution < 1.29 is 9.84 Å². The Morgan fingerprint density at radius 2 is 2.22 bits per heavy atom. The minimum absolute atomic E-state index is 0.166. The second kappa shape index (κ2) is 8.89. The van der Waals surface area contributed by atoms with Crippen LogP contribution in [0.1, 0.15) is 0 Å². The molecule has 0 aliphatic rings. The van der Waals surface area contributed by atoms with E-state index >= 15 is 0 Å². The molecule has 2 aromatic rings. The number of nitrogens with zero attached hydrogens (tertiary/aromatic N) is 3. The van der Waals surface area contributed by atoms with Gasteiger partial charge in [-0.1, -0.05) is 23.2 Å². The Bertz CT molecular complexity index is 639. The first-order valence-electron chi connectivity index (χ1n) is 7.06. The van der Waals surface area contributed by atoms with Gasteiger partial charge in [-0.2, -0.15) is 5.10 Å². The number of likely N-dealkylation sites (N-methyl/N-ethyl adjacent to an activating group) is 1. The average molecular weight is 423 g/mol. The van der Waals surface area contributed by atoms with E-state index < -0.39 is 6.10 Å². The number of aromatic nitrogens is 2. The van der Waals surface area contributed by atoms with Crippen molar-refractivity contribution in [2.24, 2.45) is 0 Å². The molecule has 1 aromatic heterocycles. The molecule has 1 N–H and O–H groups in total. The zero-order chi connectivity index (χ0) is 16.8. The third kappa shape index (κ3) is 6.31. The Hall–Kier alpha value is -0.790. The summed E-state index contributed by atoms with van der Waals surface area (Å²) in [5.41, 5.74) is 0. The third-order valence-corrected chi connectivity index (χ3v) is 4.10. The van der Waals surface area contributed by atoms with Crippen molar-refractivity contribution in [3.05, 3.63) is 45.1 Å². The lowest BCUT2D eigenvalue weighted by molar-refractivity contribution is 0.0752. The Balaban J connectivity index is 1.72. The van der Waals surface area contributed by atoms with Crippen molar-refractivity contribution in [3.8, 4) is 5.75 Å². The van der Waals surface area contributed by atoms with Crippen LogP contribution in [-0.2, 0) is 6.54 Å². The van der Waals surface area contributed by atoms with Crippen molar-refractivity contribution in [3.63, 3.8) is 0 Å². The monoisotopic (exact) mass is 421 g/mol. The van der Waals surface area contributed by atoms with Gasteiger partial charge in [0, 0.05) is 24.3 Å². The zero-order valence-electron chi connectivity index (χ0n) is 12.6. The summed E-state index contributed by atoms with van der Waals surface area (Å²) >= 11 is 15.2. The van der Waals surface area contributed by atoms with Crippen molar-refractivity contribution in [2.75, 3.05) is 26.7 Å². The number of halogens is 3. The first-order chi connectivity index (χ1) is 10.9. The van der Waals surface area contributed by atoms with Gasteiger partial charge < -0.3 is 14.7 Å². The summed E-state index contributed by atoms with van der Waals surface area (Å²) in [7, 11) is 1.94. The average Bonchev–Trinajstić information content (AvgIpc) is 2.90. The smallest absolute Gasteiger partial charge is 0.138 e. The molecule has 0 saturated carbocycles. The molecule has 0 amide bonds. The minimum atomic E-state index is -0.615. The number of ether oxygens (including phenoxy) is 1. The molecule has 1 heterocycles. The number of hydrogen-bond acceptors (Lipinski definition) is 4. The molecule has 23 heavy (non-hydrogen) atoms. The highest BCUT2D eigenvalue weighted by Crippen LogP contribution is 2.27. The van der Waals surface area contributed by atoms with Gasteiger partial charge in [-0.15, -0.1) is 0 Å². The summed E-state index contributed by atoms with van der Waals surface area (Å²) in [5.74, 6) is 0.513. The van der Waals surface area contributed by atoms with E-state index in [9.17, 15) is 5.11 Å². The first-order valence-corrected chi connectivity index (χ1v) is 8.61. The second-order valence-electron chi connectivity index (χ2n) is 5.22. The molecule has 0 fully saturated rings. The van der Waals surface area contributed by atoms with Crippen LogP contribution in [0.25, 0.3) is 0 Å². The molecule has 8 heteroatoms. The second-order valence-corrected chi connectivity index (χ2v) is 6.98. The minimum Gasteiger partial charge on any atom is -0.489 e. The van der Waals surface area contributed by atoms with E-state index in [1.54, 1.807) is 24.4 Å². The fraction of sp³-hybridized carbons (Fsp3) is 0.400. The third-order valence-electron chi connectivity index (χ3n) is 3.16. The first kappa shape index (κ1) is 18.5. The number of aliphatic hydroxyl groups is 1. The van der Waals surface area contributed by atoms with Gasteiger partial charge in [-0.05, 0) is 41.2 Å². The Kier molecular flexibility index (Phi) is 7.17. The highest BCUT2D eigenvalue weighted by Gasteiger charge is 2.11. The largest absolute Gasteiger partial charge is 0.489 e. The van der Waals surface area contributed by atoms with Gasteiger partial charge in [0.15, 0.2) is 0 Å². The molecule has 0 bridgehead atoms. The van der Waals surface area contributed by atoms with Crippen LogP contribution in [0.2, 0.25) is 10.0 Å². The molecule has 1 aromatic carbocycles. The van der Waals surface area contributed by atoms with Gasteiger partial charge >= 0.3 is 0 Å². The van der Waals surface area contributed by atoms with E-state index in [0.717, 1.165) is 17.6 Å². The summed E-state index contributed by atoms with van der Waals surface area (Å²) in [6, 6.07) is 5.00. The molecule has 0 aliphatic heterocycles. The number of hydrogen-bond donors (Lipinski definition) is 1. The van der Waals surface area contributed by atoms with E-state index in [0.29, 0.717) is 22.3 Å². The summed E-state index contributed by atoms with van der Waals surface area (Å²) in [6.07, 6.45) is 3.05. The topological polar surface area (TPSA) is 50.5 Å². The zero-order valence-corrected chi connectivity index (χ0v) is 15.7. The van der Waals surface area contributed by atoms with Gasteiger partial charge in [-0.25, -0.2) is 0 Å². The van der Waals surface area contributed by atoms with Crippen LogP contribution < -0.4 is 4.74 Å². The molecule has 126 valence electrons. The Morgan fingerprint density at radius 1 is 1.43 bits per heavy atom. The van der Waals surface area contributed by atoms with Gasteiger partial charge in [-0.3, -0.25) is 4.68 Å². The van der Waals surface area contributed by atoms with E-state index in [2.05, 4.69) is 21.0 Å². The standard InChI is InChI=1S/C15H18BrCl2N3O2/c1-20(4-5-21-8-11(16)7-19-21)9-13(22)10-23-15-3-2-12(17)6-14(15)18/h2-3,6-8,13,22H,4-5,9-10H2,1H3. The summed E-state index contributed by atoms with van der Waals surface area (Å²) in [6.45, 7) is 2.18. The van der Waals surface area contributed by atoms with Gasteiger partial charge in [0.05, 0.1) is 22.2 Å². The number of rotatable bonds is 8. The summed E-state index contributed by atoms with van der Waals surface area (Å²) in [5, 5.41) is 15.2. The van der Waals surface area contributed by atoms with Crippen LogP contribution >= 0.6 is 39.1 Å². The normalized spacial score (nSPS) is 12.6. The predicted molar refractivity (Wildman–Crippen MR) is 95.4 cm³/mol. The van der Waals surface area contributed by atoms with Crippen LogP contribution in [0.4, 0.5) is 0 Å². The molecular formula is C15H18BrCl2N3O2. The van der Waals surface area contributed by atoms with Crippen LogP contribution in [0, 0.1) is 0 Å². The van der Waals surface area contributed by atoms with E-state index in [1.165, 1.54) is 0 Å². The highest BCUT2D eigenvalue weighted by atomic mass is 79.9. The molecule has 1 atom stereocenters.